The van der Waals surface area contributed by atoms with Crippen molar-refractivity contribution in [3.8, 4) is 18.9 Å². The highest BCUT2D eigenvalue weighted by molar-refractivity contribution is 5.66. The summed E-state index contributed by atoms with van der Waals surface area (Å²) in [6, 6.07) is 2.15. The van der Waals surface area contributed by atoms with Crippen LogP contribution in [0.1, 0.15) is 80.6 Å². The molecule has 158 valence electrons. The Hall–Kier alpha value is -2.20. The molecule has 1 fully saturated rings. The summed E-state index contributed by atoms with van der Waals surface area (Å²) in [5.74, 6) is -0.225. The predicted molar refractivity (Wildman–Crippen MR) is 118 cm³/mol. The van der Waals surface area contributed by atoms with Crippen LogP contribution in [0.2, 0.25) is 0 Å². The molecule has 1 saturated heterocycles. The molecule has 0 amide bonds. The van der Waals surface area contributed by atoms with Crippen LogP contribution in [0.5, 0.6) is 0 Å². The lowest BCUT2D eigenvalue weighted by atomic mass is 9.72. The molecule has 0 aliphatic carbocycles. The molecule has 0 atom stereocenters. The van der Waals surface area contributed by atoms with E-state index in [4.69, 9.17) is 10.00 Å². The number of terminal acetylenes is 1. The SMILES string of the molecule is C#C.C/C=C(\C=C/CC#N)N1CC(CCC)(CCC)C1.CC(=O)OC(C)(C)C. The second-order valence-corrected chi connectivity index (χ2v) is 8.04. The van der Waals surface area contributed by atoms with Crippen molar-refractivity contribution in [1.82, 2.24) is 4.90 Å². The van der Waals surface area contributed by atoms with Gasteiger partial charge in [0.1, 0.15) is 5.60 Å². The molecular formula is C24H40N2O2. The molecule has 1 aliphatic rings. The highest BCUT2D eigenvalue weighted by atomic mass is 16.6. The second-order valence-electron chi connectivity index (χ2n) is 8.04. The first-order chi connectivity index (χ1) is 13.1. The van der Waals surface area contributed by atoms with Crippen molar-refractivity contribution in [3.05, 3.63) is 23.9 Å². The van der Waals surface area contributed by atoms with E-state index >= 15 is 0 Å². The average Bonchev–Trinajstić information content (AvgIpc) is 2.57. The summed E-state index contributed by atoms with van der Waals surface area (Å²) < 4.78 is 4.80. The summed E-state index contributed by atoms with van der Waals surface area (Å²) in [7, 11) is 0. The van der Waals surface area contributed by atoms with Crippen molar-refractivity contribution in [3.63, 3.8) is 0 Å². The fourth-order valence-electron chi connectivity index (χ4n) is 3.50. The zero-order chi connectivity index (χ0) is 22.2. The first-order valence-electron chi connectivity index (χ1n) is 10.1. The number of ether oxygens (including phenoxy) is 1. The Balaban J connectivity index is 0. The first-order valence-corrected chi connectivity index (χ1v) is 10.1. The van der Waals surface area contributed by atoms with Gasteiger partial charge in [-0.15, -0.1) is 12.8 Å². The largest absolute Gasteiger partial charge is 0.460 e. The van der Waals surface area contributed by atoms with Crippen molar-refractivity contribution in [2.24, 2.45) is 5.41 Å². The highest BCUT2D eigenvalue weighted by Crippen LogP contribution is 2.41. The van der Waals surface area contributed by atoms with Gasteiger partial charge >= 0.3 is 5.97 Å². The molecule has 0 aromatic rings. The summed E-state index contributed by atoms with van der Waals surface area (Å²) in [5, 5.41) is 8.55. The number of likely N-dealkylation sites (tertiary alicyclic amines) is 1. The van der Waals surface area contributed by atoms with Gasteiger partial charge in [-0.05, 0) is 46.6 Å². The fourth-order valence-corrected chi connectivity index (χ4v) is 3.50. The van der Waals surface area contributed by atoms with E-state index in [1.54, 1.807) is 0 Å². The molecule has 0 bridgehead atoms. The van der Waals surface area contributed by atoms with Crippen molar-refractivity contribution < 1.29 is 9.53 Å². The second kappa shape index (κ2) is 14.8. The van der Waals surface area contributed by atoms with Crippen LogP contribution in [0, 0.1) is 29.6 Å². The van der Waals surface area contributed by atoms with Crippen molar-refractivity contribution in [2.45, 2.75) is 86.2 Å². The normalized spacial score (nSPS) is 15.3. The number of carbonyl (C=O) groups is 1. The number of carbonyl (C=O) groups excluding carboxylic acids is 1. The third-order valence-corrected chi connectivity index (χ3v) is 4.22. The lowest BCUT2D eigenvalue weighted by Crippen LogP contribution is -2.55. The van der Waals surface area contributed by atoms with Gasteiger partial charge in [-0.2, -0.15) is 5.26 Å². The molecule has 0 aromatic carbocycles. The van der Waals surface area contributed by atoms with Gasteiger partial charge in [0.05, 0.1) is 12.5 Å². The molecule has 0 aromatic heterocycles. The van der Waals surface area contributed by atoms with E-state index < -0.39 is 0 Å². The smallest absolute Gasteiger partial charge is 0.303 e. The molecule has 4 nitrogen and oxygen atoms in total. The van der Waals surface area contributed by atoms with Crippen LogP contribution in [0.3, 0.4) is 0 Å². The fraction of sp³-hybridized carbons (Fsp3) is 0.667. The Morgan fingerprint density at radius 3 is 2.00 bits per heavy atom. The third kappa shape index (κ3) is 12.2. The number of hydrogen-bond donors (Lipinski definition) is 0. The van der Waals surface area contributed by atoms with E-state index in [0.717, 1.165) is 0 Å². The van der Waals surface area contributed by atoms with E-state index in [0.29, 0.717) is 11.8 Å². The van der Waals surface area contributed by atoms with Crippen LogP contribution in [0.4, 0.5) is 0 Å². The van der Waals surface area contributed by atoms with Gasteiger partial charge in [-0.1, -0.05) is 38.8 Å². The third-order valence-electron chi connectivity index (χ3n) is 4.22. The summed E-state index contributed by atoms with van der Waals surface area (Å²) in [6.45, 7) is 15.9. The number of rotatable bonds is 7. The van der Waals surface area contributed by atoms with Gasteiger partial charge in [0.15, 0.2) is 0 Å². The van der Waals surface area contributed by atoms with Gasteiger partial charge in [0, 0.05) is 31.1 Å². The maximum absolute atomic E-state index is 10.2. The number of allylic oxidation sites excluding steroid dienone is 3. The highest BCUT2D eigenvalue weighted by Gasteiger charge is 2.41. The van der Waals surface area contributed by atoms with Crippen LogP contribution in [-0.2, 0) is 9.53 Å². The Morgan fingerprint density at radius 2 is 1.71 bits per heavy atom. The number of nitrogens with zero attached hydrogens (tertiary/aromatic N) is 2. The van der Waals surface area contributed by atoms with Gasteiger partial charge in [0.2, 0.25) is 0 Å². The minimum absolute atomic E-state index is 0.225. The molecular weight excluding hydrogens is 348 g/mol. The minimum Gasteiger partial charge on any atom is -0.460 e. The number of esters is 1. The molecule has 0 unspecified atom stereocenters. The zero-order valence-electron chi connectivity index (χ0n) is 19.0. The van der Waals surface area contributed by atoms with Crippen LogP contribution in [0.15, 0.2) is 23.9 Å². The minimum atomic E-state index is -0.328. The van der Waals surface area contributed by atoms with E-state index in [-0.39, 0.29) is 11.6 Å². The van der Waals surface area contributed by atoms with Crippen LogP contribution >= 0.6 is 0 Å². The first kappa shape index (κ1) is 28.0. The van der Waals surface area contributed by atoms with Crippen molar-refractivity contribution in [1.29, 1.82) is 5.26 Å². The lowest BCUT2D eigenvalue weighted by Gasteiger charge is -2.52. The Kier molecular flexibility index (Phi) is 14.8. The number of hydrogen-bond acceptors (Lipinski definition) is 4. The molecule has 0 saturated carbocycles. The maximum atomic E-state index is 10.2. The van der Waals surface area contributed by atoms with E-state index in [9.17, 15) is 4.79 Å². The summed E-state index contributed by atoms with van der Waals surface area (Å²) in [6.07, 6.45) is 19.9. The average molecular weight is 389 g/mol. The maximum Gasteiger partial charge on any atom is 0.303 e. The quantitative estimate of drug-likeness (QED) is 0.311. The Morgan fingerprint density at radius 1 is 1.21 bits per heavy atom. The summed E-state index contributed by atoms with van der Waals surface area (Å²) in [4.78, 5) is 12.7. The van der Waals surface area contributed by atoms with Crippen molar-refractivity contribution in [2.75, 3.05) is 13.1 Å². The Bertz CT molecular complexity index is 545. The monoisotopic (exact) mass is 388 g/mol. The van der Waals surface area contributed by atoms with E-state index in [2.05, 4.69) is 56.7 Å². The molecule has 1 aliphatic heterocycles. The van der Waals surface area contributed by atoms with Gasteiger partial charge in [-0.3, -0.25) is 4.79 Å². The standard InChI is InChI=1S/C16H26N2.C6H12O2.C2H2/c1-4-10-16(11-5-2)13-18(14-16)15(6-3)9-7-8-12-17;1-5(7)8-6(2,3)4;1-2/h6-7,9H,4-5,8,10-11,13-14H2,1-3H3;1-4H3;1-2H/b9-7-,15-6+;;. The molecule has 0 spiro atoms. The summed E-state index contributed by atoms with van der Waals surface area (Å²) in [5.41, 5.74) is 1.50. The molecule has 0 radical (unpaired) electrons. The van der Waals surface area contributed by atoms with Crippen LogP contribution in [0.25, 0.3) is 0 Å². The lowest BCUT2D eigenvalue weighted by molar-refractivity contribution is -0.151. The zero-order valence-corrected chi connectivity index (χ0v) is 19.0. The van der Waals surface area contributed by atoms with E-state index in [1.807, 2.05) is 26.8 Å². The molecule has 1 heterocycles. The molecule has 1 rings (SSSR count). The van der Waals surface area contributed by atoms with Gasteiger partial charge in [0.25, 0.3) is 0 Å². The molecule has 0 N–H and O–H groups in total. The van der Waals surface area contributed by atoms with Crippen LogP contribution in [-0.4, -0.2) is 29.6 Å². The van der Waals surface area contributed by atoms with Gasteiger partial charge in [-0.25, -0.2) is 0 Å². The topological polar surface area (TPSA) is 53.3 Å². The Labute approximate surface area is 173 Å². The van der Waals surface area contributed by atoms with Crippen LogP contribution < -0.4 is 0 Å². The van der Waals surface area contributed by atoms with Gasteiger partial charge < -0.3 is 9.64 Å². The molecule has 28 heavy (non-hydrogen) atoms. The van der Waals surface area contributed by atoms with Crippen molar-refractivity contribution >= 4 is 5.97 Å². The number of nitriles is 1. The summed E-state index contributed by atoms with van der Waals surface area (Å²) >= 11 is 0. The molecule has 4 heteroatoms. The van der Waals surface area contributed by atoms with E-state index in [1.165, 1.54) is 51.4 Å². The predicted octanol–water partition coefficient (Wildman–Crippen LogP) is 5.86.